The Hall–Kier alpha value is 0.650. The van der Waals surface area contributed by atoms with E-state index in [0.29, 0.717) is 16.1 Å². The van der Waals surface area contributed by atoms with E-state index in [9.17, 15) is 0 Å². The predicted molar refractivity (Wildman–Crippen MR) is 78.6 cm³/mol. The Kier molecular flexibility index (Phi) is 5.13. The van der Waals surface area contributed by atoms with E-state index in [-0.39, 0.29) is 0 Å². The van der Waals surface area contributed by atoms with Crippen LogP contribution in [-0.2, 0) is 9.47 Å². The lowest BCUT2D eigenvalue weighted by Gasteiger charge is -2.38. The smallest absolute Gasteiger partial charge is 0.0951 e. The molecule has 0 amide bonds. The minimum Gasteiger partial charge on any atom is -0.378 e. The van der Waals surface area contributed by atoms with Gasteiger partial charge in [-0.1, -0.05) is 49.8 Å². The number of alkyl halides is 1. The van der Waals surface area contributed by atoms with Crippen LogP contribution in [0.3, 0.4) is 0 Å². The normalized spacial score (nSPS) is 43.2. The SMILES string of the molecule is CC1CCC(C(C)C)C(OC2COCC2I)C1. The molecule has 3 heteroatoms. The van der Waals surface area contributed by atoms with Crippen LogP contribution in [0.1, 0.15) is 40.0 Å². The molecule has 5 unspecified atom stereocenters. The Morgan fingerprint density at radius 2 is 1.94 bits per heavy atom. The van der Waals surface area contributed by atoms with Gasteiger partial charge in [0.15, 0.2) is 0 Å². The monoisotopic (exact) mass is 352 g/mol. The molecule has 17 heavy (non-hydrogen) atoms. The molecule has 1 aliphatic carbocycles. The van der Waals surface area contributed by atoms with Crippen molar-refractivity contribution in [3.8, 4) is 0 Å². The van der Waals surface area contributed by atoms with E-state index in [1.54, 1.807) is 0 Å². The zero-order valence-electron chi connectivity index (χ0n) is 11.2. The van der Waals surface area contributed by atoms with E-state index >= 15 is 0 Å². The van der Waals surface area contributed by atoms with Crippen LogP contribution in [0.5, 0.6) is 0 Å². The molecule has 0 bridgehead atoms. The summed E-state index contributed by atoms with van der Waals surface area (Å²) in [5.74, 6) is 2.31. The van der Waals surface area contributed by atoms with Crippen molar-refractivity contribution < 1.29 is 9.47 Å². The third-order valence-corrected chi connectivity index (χ3v) is 5.44. The van der Waals surface area contributed by atoms with Crippen LogP contribution in [0.25, 0.3) is 0 Å². The average molecular weight is 352 g/mol. The zero-order valence-corrected chi connectivity index (χ0v) is 13.4. The largest absolute Gasteiger partial charge is 0.378 e. The van der Waals surface area contributed by atoms with Crippen LogP contribution in [0.2, 0.25) is 0 Å². The molecule has 2 aliphatic rings. The Labute approximate surface area is 119 Å². The Balaban J connectivity index is 1.94. The highest BCUT2D eigenvalue weighted by molar-refractivity contribution is 14.1. The molecule has 5 atom stereocenters. The van der Waals surface area contributed by atoms with Gasteiger partial charge in [-0.05, 0) is 30.6 Å². The van der Waals surface area contributed by atoms with Gasteiger partial charge in [0, 0.05) is 0 Å². The topological polar surface area (TPSA) is 18.5 Å². The molecule has 1 saturated heterocycles. The van der Waals surface area contributed by atoms with Crippen molar-refractivity contribution in [2.75, 3.05) is 13.2 Å². The third kappa shape index (κ3) is 3.57. The second-order valence-electron chi connectivity index (χ2n) is 6.09. The van der Waals surface area contributed by atoms with Crippen molar-refractivity contribution >= 4 is 22.6 Å². The number of ether oxygens (including phenoxy) is 2. The van der Waals surface area contributed by atoms with Crippen molar-refractivity contribution in [1.29, 1.82) is 0 Å². The molecule has 1 saturated carbocycles. The fraction of sp³-hybridized carbons (Fsp3) is 1.00. The van der Waals surface area contributed by atoms with Crippen molar-refractivity contribution in [1.82, 2.24) is 0 Å². The second kappa shape index (κ2) is 6.20. The number of halogens is 1. The van der Waals surface area contributed by atoms with Crippen molar-refractivity contribution in [3.05, 3.63) is 0 Å². The molecule has 0 aromatic rings. The molecule has 1 aliphatic heterocycles. The van der Waals surface area contributed by atoms with Gasteiger partial charge in [-0.2, -0.15) is 0 Å². The lowest BCUT2D eigenvalue weighted by molar-refractivity contribution is -0.0781. The summed E-state index contributed by atoms with van der Waals surface area (Å²) in [7, 11) is 0. The molecule has 0 N–H and O–H groups in total. The number of hydrogen-bond acceptors (Lipinski definition) is 2. The Bertz CT molecular complexity index is 244. The summed E-state index contributed by atoms with van der Waals surface area (Å²) in [6, 6.07) is 0. The maximum Gasteiger partial charge on any atom is 0.0951 e. The number of hydrogen-bond donors (Lipinski definition) is 0. The van der Waals surface area contributed by atoms with E-state index in [0.717, 1.165) is 31.0 Å². The summed E-state index contributed by atoms with van der Waals surface area (Å²) in [6.07, 6.45) is 4.73. The number of rotatable bonds is 3. The van der Waals surface area contributed by atoms with Gasteiger partial charge in [-0.25, -0.2) is 0 Å². The summed E-state index contributed by atoms with van der Waals surface area (Å²) in [5.41, 5.74) is 0. The first-order valence-corrected chi connectivity index (χ1v) is 8.19. The lowest BCUT2D eigenvalue weighted by Crippen LogP contribution is -2.39. The third-order valence-electron chi connectivity index (χ3n) is 4.27. The highest BCUT2D eigenvalue weighted by Crippen LogP contribution is 2.37. The van der Waals surface area contributed by atoms with Crippen LogP contribution in [0.4, 0.5) is 0 Å². The molecule has 0 radical (unpaired) electrons. The fourth-order valence-corrected chi connectivity index (χ4v) is 3.76. The van der Waals surface area contributed by atoms with Crippen LogP contribution in [0, 0.1) is 17.8 Å². The fourth-order valence-electron chi connectivity index (χ4n) is 3.13. The molecule has 2 fully saturated rings. The van der Waals surface area contributed by atoms with Gasteiger partial charge in [0.2, 0.25) is 0 Å². The standard InChI is InChI=1S/C14H25IO2/c1-9(2)11-5-4-10(3)6-13(11)17-14-8-16-7-12(14)15/h9-14H,4-8H2,1-3H3. The van der Waals surface area contributed by atoms with Gasteiger partial charge in [-0.3, -0.25) is 0 Å². The van der Waals surface area contributed by atoms with E-state index in [2.05, 4.69) is 43.4 Å². The molecule has 100 valence electrons. The average Bonchev–Trinajstić information content (AvgIpc) is 2.64. The quantitative estimate of drug-likeness (QED) is 0.570. The lowest BCUT2D eigenvalue weighted by atomic mass is 9.75. The molecular weight excluding hydrogens is 327 g/mol. The zero-order chi connectivity index (χ0) is 12.4. The van der Waals surface area contributed by atoms with E-state index in [1.807, 2.05) is 0 Å². The van der Waals surface area contributed by atoms with Crippen molar-refractivity contribution in [2.24, 2.45) is 17.8 Å². The summed E-state index contributed by atoms with van der Waals surface area (Å²) in [4.78, 5) is 0. The minimum atomic E-state index is 0.326. The van der Waals surface area contributed by atoms with Gasteiger partial charge in [-0.15, -0.1) is 0 Å². The van der Waals surface area contributed by atoms with Crippen LogP contribution >= 0.6 is 22.6 Å². The van der Waals surface area contributed by atoms with Gasteiger partial charge in [0.25, 0.3) is 0 Å². The Morgan fingerprint density at radius 1 is 1.18 bits per heavy atom. The van der Waals surface area contributed by atoms with Crippen molar-refractivity contribution in [3.63, 3.8) is 0 Å². The van der Waals surface area contributed by atoms with Crippen molar-refractivity contribution in [2.45, 2.75) is 56.2 Å². The molecule has 0 spiro atoms. The van der Waals surface area contributed by atoms with Gasteiger partial charge < -0.3 is 9.47 Å². The maximum absolute atomic E-state index is 6.38. The van der Waals surface area contributed by atoms with Crippen LogP contribution < -0.4 is 0 Å². The highest BCUT2D eigenvalue weighted by atomic mass is 127. The van der Waals surface area contributed by atoms with E-state index in [4.69, 9.17) is 9.47 Å². The minimum absolute atomic E-state index is 0.326. The first-order chi connectivity index (χ1) is 8.08. The maximum atomic E-state index is 6.38. The summed E-state index contributed by atoms with van der Waals surface area (Å²) in [6.45, 7) is 8.69. The first-order valence-electron chi connectivity index (χ1n) is 6.95. The van der Waals surface area contributed by atoms with Gasteiger partial charge >= 0.3 is 0 Å². The Morgan fingerprint density at radius 3 is 2.53 bits per heavy atom. The highest BCUT2D eigenvalue weighted by Gasteiger charge is 2.36. The van der Waals surface area contributed by atoms with E-state index in [1.165, 1.54) is 19.3 Å². The molecule has 1 heterocycles. The van der Waals surface area contributed by atoms with Crippen LogP contribution in [-0.4, -0.2) is 29.3 Å². The van der Waals surface area contributed by atoms with Gasteiger partial charge in [0.05, 0.1) is 29.3 Å². The molecule has 2 rings (SSSR count). The molecule has 0 aromatic heterocycles. The summed E-state index contributed by atoms with van der Waals surface area (Å²) >= 11 is 2.47. The second-order valence-corrected chi connectivity index (χ2v) is 7.69. The molecule has 2 nitrogen and oxygen atoms in total. The summed E-state index contributed by atoms with van der Waals surface area (Å²) < 4.78 is 12.4. The predicted octanol–water partition coefficient (Wildman–Crippen LogP) is 3.67. The molecular formula is C14H25IO2. The van der Waals surface area contributed by atoms with E-state index < -0.39 is 0 Å². The van der Waals surface area contributed by atoms with Gasteiger partial charge in [0.1, 0.15) is 0 Å². The molecule has 0 aromatic carbocycles. The van der Waals surface area contributed by atoms with Crippen LogP contribution in [0.15, 0.2) is 0 Å². The summed E-state index contributed by atoms with van der Waals surface area (Å²) in [5, 5.41) is 0. The first kappa shape index (κ1) is 14.1.